The van der Waals surface area contributed by atoms with Gasteiger partial charge in [0.2, 0.25) is 0 Å². The van der Waals surface area contributed by atoms with Gasteiger partial charge >= 0.3 is 0 Å². The van der Waals surface area contributed by atoms with Crippen LogP contribution in [-0.4, -0.2) is 37.6 Å². The molecule has 12 heavy (non-hydrogen) atoms. The molecule has 0 radical (unpaired) electrons. The van der Waals surface area contributed by atoms with Crippen LogP contribution in [0.4, 0.5) is 4.39 Å². The lowest BCUT2D eigenvalue weighted by molar-refractivity contribution is 0.0575. The van der Waals surface area contributed by atoms with E-state index in [0.717, 1.165) is 25.9 Å². The van der Waals surface area contributed by atoms with Crippen LogP contribution < -0.4 is 10.6 Å². The maximum atomic E-state index is 11.7. The molecule has 0 amide bonds. The highest BCUT2D eigenvalue weighted by atomic mass is 19.1. The van der Waals surface area contributed by atoms with Crippen LogP contribution in [0, 0.1) is 5.92 Å². The Morgan fingerprint density at radius 1 is 1.50 bits per heavy atom. The summed E-state index contributed by atoms with van der Waals surface area (Å²) < 4.78 is 11.7. The van der Waals surface area contributed by atoms with Crippen LogP contribution >= 0.6 is 0 Å². The molecule has 1 heterocycles. The zero-order valence-corrected chi connectivity index (χ0v) is 7.22. The van der Waals surface area contributed by atoms with Crippen molar-refractivity contribution in [1.82, 2.24) is 10.6 Å². The first-order valence-electron chi connectivity index (χ1n) is 4.52. The maximum absolute atomic E-state index is 11.7. The van der Waals surface area contributed by atoms with Gasteiger partial charge in [-0.3, -0.25) is 5.32 Å². The van der Waals surface area contributed by atoms with E-state index < -0.39 is 12.9 Å². The van der Waals surface area contributed by atoms with Crippen LogP contribution in [-0.2, 0) is 0 Å². The zero-order chi connectivity index (χ0) is 8.81. The summed E-state index contributed by atoms with van der Waals surface area (Å²) in [4.78, 5) is 0. The minimum absolute atomic E-state index is 0.255. The lowest BCUT2D eigenvalue weighted by atomic mass is 9.96. The van der Waals surface area contributed by atoms with E-state index in [1.165, 1.54) is 0 Å². The van der Waals surface area contributed by atoms with Crippen molar-refractivity contribution in [1.29, 1.82) is 0 Å². The number of halogens is 1. The van der Waals surface area contributed by atoms with E-state index >= 15 is 0 Å². The van der Waals surface area contributed by atoms with E-state index in [0.29, 0.717) is 0 Å². The number of nitrogens with one attached hydrogen (secondary N) is 2. The number of aliphatic hydroxyl groups excluding tert-OH is 1. The largest absolute Gasteiger partial charge is 0.378 e. The minimum Gasteiger partial charge on any atom is -0.378 e. The van der Waals surface area contributed by atoms with Gasteiger partial charge in [0.05, 0.1) is 0 Å². The number of hydrogen-bond acceptors (Lipinski definition) is 3. The Morgan fingerprint density at radius 2 is 2.17 bits per heavy atom. The van der Waals surface area contributed by atoms with Gasteiger partial charge in [0.15, 0.2) is 0 Å². The van der Waals surface area contributed by atoms with Crippen LogP contribution in [0.3, 0.4) is 0 Å². The molecule has 1 saturated heterocycles. The summed E-state index contributed by atoms with van der Waals surface area (Å²) in [5.41, 5.74) is 0. The predicted molar refractivity (Wildman–Crippen MR) is 45.6 cm³/mol. The molecule has 0 bridgehead atoms. The number of piperidine rings is 1. The van der Waals surface area contributed by atoms with Crippen molar-refractivity contribution in [2.24, 2.45) is 5.92 Å². The average Bonchev–Trinajstić information content (AvgIpc) is 2.15. The Hall–Kier alpha value is -0.190. The van der Waals surface area contributed by atoms with Crippen molar-refractivity contribution in [2.45, 2.75) is 19.1 Å². The van der Waals surface area contributed by atoms with Crippen LogP contribution in [0.5, 0.6) is 0 Å². The summed E-state index contributed by atoms with van der Waals surface area (Å²) in [6.07, 6.45) is 1.42. The standard InChI is InChI=1S/C8H17FN2O/c9-3-6-11-8(12)7-1-4-10-5-2-7/h7-8,10-12H,1-6H2. The second-order valence-corrected chi connectivity index (χ2v) is 3.18. The topological polar surface area (TPSA) is 44.3 Å². The Morgan fingerprint density at radius 3 is 2.75 bits per heavy atom. The van der Waals surface area contributed by atoms with Crippen LogP contribution in [0.15, 0.2) is 0 Å². The van der Waals surface area contributed by atoms with Crippen molar-refractivity contribution < 1.29 is 9.50 Å². The summed E-state index contributed by atoms with van der Waals surface area (Å²) >= 11 is 0. The smallest absolute Gasteiger partial charge is 0.107 e. The van der Waals surface area contributed by atoms with E-state index in [9.17, 15) is 9.50 Å². The normalized spacial score (nSPS) is 22.5. The van der Waals surface area contributed by atoms with Gasteiger partial charge in [-0.15, -0.1) is 0 Å². The van der Waals surface area contributed by atoms with Crippen molar-refractivity contribution in [3.05, 3.63) is 0 Å². The third-order valence-electron chi connectivity index (χ3n) is 2.28. The number of hydrogen-bond donors (Lipinski definition) is 3. The van der Waals surface area contributed by atoms with E-state index in [1.54, 1.807) is 0 Å². The van der Waals surface area contributed by atoms with Gasteiger partial charge in [0, 0.05) is 12.5 Å². The molecule has 1 unspecified atom stereocenters. The molecule has 0 aromatic heterocycles. The summed E-state index contributed by atoms with van der Waals surface area (Å²) in [7, 11) is 0. The van der Waals surface area contributed by atoms with Crippen molar-refractivity contribution >= 4 is 0 Å². The molecular formula is C8H17FN2O. The van der Waals surface area contributed by atoms with Gasteiger partial charge in [-0.1, -0.05) is 0 Å². The Bertz CT molecular complexity index is 118. The fourth-order valence-corrected chi connectivity index (χ4v) is 1.53. The maximum Gasteiger partial charge on any atom is 0.107 e. The summed E-state index contributed by atoms with van der Waals surface area (Å²) in [6.45, 7) is 1.76. The monoisotopic (exact) mass is 176 g/mol. The fourth-order valence-electron chi connectivity index (χ4n) is 1.53. The molecule has 0 aliphatic carbocycles. The van der Waals surface area contributed by atoms with E-state index in [-0.39, 0.29) is 12.5 Å². The molecule has 0 saturated carbocycles. The first-order chi connectivity index (χ1) is 5.84. The van der Waals surface area contributed by atoms with Crippen molar-refractivity contribution in [3.8, 4) is 0 Å². The van der Waals surface area contributed by atoms with Gasteiger partial charge in [0.1, 0.15) is 12.9 Å². The highest BCUT2D eigenvalue weighted by Crippen LogP contribution is 2.14. The quantitative estimate of drug-likeness (QED) is 0.523. The third kappa shape index (κ3) is 3.05. The lowest BCUT2D eigenvalue weighted by Crippen LogP contribution is -2.42. The Labute approximate surface area is 72.3 Å². The van der Waals surface area contributed by atoms with Gasteiger partial charge in [-0.2, -0.15) is 0 Å². The summed E-state index contributed by atoms with van der Waals surface area (Å²) in [6, 6.07) is 0. The molecule has 1 aliphatic rings. The van der Waals surface area contributed by atoms with E-state index in [1.807, 2.05) is 0 Å². The Balaban J connectivity index is 2.15. The van der Waals surface area contributed by atoms with Gasteiger partial charge in [-0.25, -0.2) is 4.39 Å². The molecule has 4 heteroatoms. The minimum atomic E-state index is -0.525. The Kier molecular flexibility index (Phi) is 4.50. The molecule has 0 spiro atoms. The lowest BCUT2D eigenvalue weighted by Gasteiger charge is -2.27. The first-order valence-corrected chi connectivity index (χ1v) is 4.52. The van der Waals surface area contributed by atoms with Crippen LogP contribution in [0.25, 0.3) is 0 Å². The van der Waals surface area contributed by atoms with Crippen LogP contribution in [0.1, 0.15) is 12.8 Å². The first kappa shape index (κ1) is 9.89. The van der Waals surface area contributed by atoms with Gasteiger partial charge in [0.25, 0.3) is 0 Å². The van der Waals surface area contributed by atoms with E-state index in [4.69, 9.17) is 0 Å². The molecule has 1 fully saturated rings. The summed E-state index contributed by atoms with van der Waals surface area (Å²) in [5.74, 6) is 0.290. The molecule has 1 aliphatic heterocycles. The number of alkyl halides is 1. The highest BCUT2D eigenvalue weighted by Gasteiger charge is 2.20. The number of aliphatic hydroxyl groups is 1. The van der Waals surface area contributed by atoms with Crippen LogP contribution in [0.2, 0.25) is 0 Å². The van der Waals surface area contributed by atoms with Gasteiger partial charge < -0.3 is 10.4 Å². The predicted octanol–water partition coefficient (Wildman–Crippen LogP) is -0.137. The van der Waals surface area contributed by atoms with Gasteiger partial charge in [-0.05, 0) is 25.9 Å². The molecule has 3 N–H and O–H groups in total. The molecular weight excluding hydrogens is 159 g/mol. The third-order valence-corrected chi connectivity index (χ3v) is 2.28. The molecule has 1 rings (SSSR count). The molecule has 72 valence electrons. The highest BCUT2D eigenvalue weighted by molar-refractivity contribution is 4.73. The fraction of sp³-hybridized carbons (Fsp3) is 1.00. The van der Waals surface area contributed by atoms with Crippen molar-refractivity contribution in [2.75, 3.05) is 26.3 Å². The molecule has 0 aromatic carbocycles. The second kappa shape index (κ2) is 5.45. The van der Waals surface area contributed by atoms with E-state index in [2.05, 4.69) is 10.6 Å². The average molecular weight is 176 g/mol. The van der Waals surface area contributed by atoms with Crippen molar-refractivity contribution in [3.63, 3.8) is 0 Å². The molecule has 3 nitrogen and oxygen atoms in total. The SMILES string of the molecule is OC(NCCF)C1CCNCC1. The zero-order valence-electron chi connectivity index (χ0n) is 7.22. The number of rotatable bonds is 4. The summed E-state index contributed by atoms with van der Waals surface area (Å²) in [5, 5.41) is 15.5. The molecule has 0 aromatic rings. The molecule has 1 atom stereocenters. The second-order valence-electron chi connectivity index (χ2n) is 3.18.